The van der Waals surface area contributed by atoms with Crippen molar-refractivity contribution in [1.82, 2.24) is 15.5 Å². The smallest absolute Gasteiger partial charge is 0.191 e. The summed E-state index contributed by atoms with van der Waals surface area (Å²) >= 11 is 0. The second kappa shape index (κ2) is 14.2. The van der Waals surface area contributed by atoms with Crippen molar-refractivity contribution in [2.45, 2.75) is 58.2 Å². The first-order valence-electron chi connectivity index (χ1n) is 11.3. The van der Waals surface area contributed by atoms with Gasteiger partial charge in [0.1, 0.15) is 0 Å². The Morgan fingerprint density at radius 1 is 1.23 bits per heavy atom. The average molecular weight is 530 g/mol. The van der Waals surface area contributed by atoms with Crippen LogP contribution < -0.4 is 10.6 Å². The number of guanidine groups is 1. The number of ether oxygens (including phenoxy) is 2. The van der Waals surface area contributed by atoms with E-state index in [1.807, 2.05) is 0 Å². The quantitative estimate of drug-likeness (QED) is 0.222. The van der Waals surface area contributed by atoms with E-state index in [9.17, 15) is 0 Å². The molecule has 2 aliphatic rings. The van der Waals surface area contributed by atoms with Crippen LogP contribution in [0.25, 0.3) is 0 Å². The molecular weight excluding hydrogens is 491 g/mol. The fourth-order valence-corrected chi connectivity index (χ4v) is 3.99. The standard InChI is InChI=1S/C23H38N4O2.HI/c1-3-24-23(25-12-16-28-18-22-9-6-15-29-22)26-21-10-13-27(14-11-21)17-20-8-5-4-7-19(20)2;/h4-5,7-8,21-22H,3,6,9-18H2,1-2H3,(H2,24,25,26);1H. The van der Waals surface area contributed by atoms with Gasteiger partial charge in [-0.3, -0.25) is 9.89 Å². The summed E-state index contributed by atoms with van der Waals surface area (Å²) in [6, 6.07) is 9.18. The van der Waals surface area contributed by atoms with E-state index in [2.05, 4.69) is 58.6 Å². The SMILES string of the molecule is CCNC(=NCCOCC1CCCO1)NC1CCN(Cc2ccccc2C)CC1.I. The number of aliphatic imine (C=N–C) groups is 1. The summed E-state index contributed by atoms with van der Waals surface area (Å²) in [4.78, 5) is 7.24. The van der Waals surface area contributed by atoms with Crippen molar-refractivity contribution in [2.24, 2.45) is 4.99 Å². The number of halogens is 1. The lowest BCUT2D eigenvalue weighted by molar-refractivity contribution is 0.0200. The maximum absolute atomic E-state index is 5.72. The maximum atomic E-state index is 5.72. The minimum Gasteiger partial charge on any atom is -0.377 e. The summed E-state index contributed by atoms with van der Waals surface area (Å²) in [5.74, 6) is 0.908. The Hall–Kier alpha value is -0.900. The predicted octanol–water partition coefficient (Wildman–Crippen LogP) is 3.33. The van der Waals surface area contributed by atoms with Crippen LogP contribution in [0, 0.1) is 6.92 Å². The summed E-state index contributed by atoms with van der Waals surface area (Å²) in [7, 11) is 0. The molecule has 0 radical (unpaired) electrons. The molecular formula is C23H39IN4O2. The molecule has 0 saturated carbocycles. The molecule has 2 aliphatic heterocycles. The fraction of sp³-hybridized carbons (Fsp3) is 0.696. The van der Waals surface area contributed by atoms with Crippen LogP contribution in [-0.4, -0.2) is 69.0 Å². The number of likely N-dealkylation sites (tertiary alicyclic amines) is 1. The van der Waals surface area contributed by atoms with Crippen LogP contribution in [0.3, 0.4) is 0 Å². The van der Waals surface area contributed by atoms with Gasteiger partial charge in [0.2, 0.25) is 0 Å². The molecule has 1 aromatic rings. The monoisotopic (exact) mass is 530 g/mol. The molecule has 2 fully saturated rings. The third-order valence-corrected chi connectivity index (χ3v) is 5.76. The van der Waals surface area contributed by atoms with Gasteiger partial charge in [-0.1, -0.05) is 24.3 Å². The van der Waals surface area contributed by atoms with Crippen molar-refractivity contribution in [1.29, 1.82) is 0 Å². The molecule has 2 heterocycles. The topological polar surface area (TPSA) is 58.1 Å². The van der Waals surface area contributed by atoms with Crippen LogP contribution in [0.15, 0.2) is 29.3 Å². The molecule has 30 heavy (non-hydrogen) atoms. The zero-order chi connectivity index (χ0) is 20.3. The molecule has 0 bridgehead atoms. The number of benzene rings is 1. The minimum atomic E-state index is 0. The van der Waals surface area contributed by atoms with Gasteiger partial charge < -0.3 is 20.1 Å². The first-order chi connectivity index (χ1) is 14.2. The number of nitrogens with zero attached hydrogens (tertiary/aromatic N) is 2. The van der Waals surface area contributed by atoms with E-state index in [1.54, 1.807) is 0 Å². The highest BCUT2D eigenvalue weighted by molar-refractivity contribution is 14.0. The number of rotatable bonds is 9. The minimum absolute atomic E-state index is 0. The number of hydrogen-bond donors (Lipinski definition) is 2. The average Bonchev–Trinajstić information content (AvgIpc) is 3.24. The van der Waals surface area contributed by atoms with E-state index in [1.165, 1.54) is 11.1 Å². The molecule has 0 spiro atoms. The Balaban J connectivity index is 0.00000320. The number of piperidine rings is 1. The zero-order valence-electron chi connectivity index (χ0n) is 18.6. The van der Waals surface area contributed by atoms with E-state index in [-0.39, 0.29) is 30.1 Å². The van der Waals surface area contributed by atoms with E-state index < -0.39 is 0 Å². The highest BCUT2D eigenvalue weighted by Crippen LogP contribution is 2.16. The van der Waals surface area contributed by atoms with Gasteiger partial charge >= 0.3 is 0 Å². The van der Waals surface area contributed by atoms with Gasteiger partial charge in [-0.2, -0.15) is 0 Å². The van der Waals surface area contributed by atoms with Gasteiger partial charge in [0.25, 0.3) is 0 Å². The third kappa shape index (κ3) is 8.69. The highest BCUT2D eigenvalue weighted by Gasteiger charge is 2.20. The number of hydrogen-bond acceptors (Lipinski definition) is 4. The lowest BCUT2D eigenvalue weighted by Gasteiger charge is -2.33. The summed E-state index contributed by atoms with van der Waals surface area (Å²) in [5.41, 5.74) is 2.83. The van der Waals surface area contributed by atoms with Gasteiger partial charge in [0.05, 0.1) is 25.9 Å². The maximum Gasteiger partial charge on any atom is 0.191 e. The van der Waals surface area contributed by atoms with Crippen LogP contribution in [0.5, 0.6) is 0 Å². The lowest BCUT2D eigenvalue weighted by Crippen LogP contribution is -2.48. The van der Waals surface area contributed by atoms with Gasteiger partial charge in [0, 0.05) is 38.8 Å². The highest BCUT2D eigenvalue weighted by atomic mass is 127. The molecule has 0 aliphatic carbocycles. The Kier molecular flexibility index (Phi) is 12.0. The second-order valence-electron chi connectivity index (χ2n) is 8.09. The predicted molar refractivity (Wildman–Crippen MR) is 134 cm³/mol. The summed E-state index contributed by atoms with van der Waals surface area (Å²) < 4.78 is 11.3. The van der Waals surface area contributed by atoms with Crippen LogP contribution in [-0.2, 0) is 16.0 Å². The normalized spacial score (nSPS) is 20.7. The Bertz CT molecular complexity index is 629. The molecule has 1 atom stereocenters. The van der Waals surface area contributed by atoms with Crippen molar-refractivity contribution in [3.63, 3.8) is 0 Å². The molecule has 3 rings (SSSR count). The Morgan fingerprint density at radius 3 is 2.73 bits per heavy atom. The number of nitrogens with one attached hydrogen (secondary N) is 2. The van der Waals surface area contributed by atoms with Crippen molar-refractivity contribution < 1.29 is 9.47 Å². The summed E-state index contributed by atoms with van der Waals surface area (Å²) in [6.07, 6.45) is 4.85. The lowest BCUT2D eigenvalue weighted by atomic mass is 10.0. The van der Waals surface area contributed by atoms with Gasteiger partial charge in [-0.25, -0.2) is 0 Å². The largest absolute Gasteiger partial charge is 0.377 e. The van der Waals surface area contributed by atoms with E-state index in [0.717, 1.165) is 64.4 Å². The van der Waals surface area contributed by atoms with Crippen LogP contribution in [0.4, 0.5) is 0 Å². The molecule has 170 valence electrons. The second-order valence-corrected chi connectivity index (χ2v) is 8.09. The summed E-state index contributed by atoms with van der Waals surface area (Å²) in [5, 5.41) is 6.98. The number of aryl methyl sites for hydroxylation is 1. The molecule has 6 nitrogen and oxygen atoms in total. The molecule has 2 N–H and O–H groups in total. The van der Waals surface area contributed by atoms with Crippen molar-refractivity contribution in [2.75, 3.05) is 46.0 Å². The van der Waals surface area contributed by atoms with Gasteiger partial charge in [0.15, 0.2) is 5.96 Å². The van der Waals surface area contributed by atoms with Crippen LogP contribution in [0.1, 0.15) is 43.7 Å². The van der Waals surface area contributed by atoms with E-state index in [0.29, 0.717) is 25.8 Å². The zero-order valence-corrected chi connectivity index (χ0v) is 20.9. The van der Waals surface area contributed by atoms with Crippen LogP contribution in [0.2, 0.25) is 0 Å². The van der Waals surface area contributed by atoms with Crippen molar-refractivity contribution in [3.05, 3.63) is 35.4 Å². The molecule has 2 saturated heterocycles. The molecule has 7 heteroatoms. The Morgan fingerprint density at radius 2 is 2.03 bits per heavy atom. The first kappa shape index (κ1) is 25.4. The molecule has 1 unspecified atom stereocenters. The fourth-order valence-electron chi connectivity index (χ4n) is 3.99. The molecule has 0 aromatic heterocycles. The van der Waals surface area contributed by atoms with Crippen molar-refractivity contribution >= 4 is 29.9 Å². The Labute approximate surface area is 199 Å². The van der Waals surface area contributed by atoms with Gasteiger partial charge in [-0.05, 0) is 50.7 Å². The van der Waals surface area contributed by atoms with E-state index >= 15 is 0 Å². The first-order valence-corrected chi connectivity index (χ1v) is 11.3. The third-order valence-electron chi connectivity index (χ3n) is 5.76. The van der Waals surface area contributed by atoms with E-state index in [4.69, 9.17) is 9.47 Å². The van der Waals surface area contributed by atoms with Gasteiger partial charge in [-0.15, -0.1) is 24.0 Å². The molecule has 0 amide bonds. The molecule has 1 aromatic carbocycles. The van der Waals surface area contributed by atoms with Crippen molar-refractivity contribution in [3.8, 4) is 0 Å². The van der Waals surface area contributed by atoms with Crippen LogP contribution >= 0.6 is 24.0 Å². The summed E-state index contributed by atoms with van der Waals surface area (Å²) in [6.45, 7) is 11.4.